The molecule has 0 aliphatic heterocycles. The van der Waals surface area contributed by atoms with E-state index in [9.17, 15) is 13.2 Å². The second-order valence-corrected chi connectivity index (χ2v) is 12.1. The second-order valence-electron chi connectivity index (χ2n) is 9.21. The highest BCUT2D eigenvalue weighted by Crippen LogP contribution is 2.32. The van der Waals surface area contributed by atoms with Crippen LogP contribution in [0, 0.1) is 19.8 Å². The number of sulfone groups is 1. The first-order chi connectivity index (χ1) is 13.0. The molecule has 0 heterocycles. The van der Waals surface area contributed by atoms with Gasteiger partial charge in [0, 0.05) is 12.8 Å². The minimum Gasteiger partial charge on any atom is -0.493 e. The number of carbonyl (C=O) groups excluding carboxylic acids is 1. The van der Waals surface area contributed by atoms with E-state index >= 15 is 0 Å². The zero-order chi connectivity index (χ0) is 20.9. The van der Waals surface area contributed by atoms with Crippen LogP contribution >= 0.6 is 0 Å². The number of unbranched alkanes of at least 4 members (excludes halogenated alkanes) is 2. The summed E-state index contributed by atoms with van der Waals surface area (Å²) in [5, 5.41) is 0. The lowest BCUT2D eigenvalue weighted by atomic mass is 9.98. The lowest BCUT2D eigenvalue weighted by Gasteiger charge is -2.18. The molecule has 1 aliphatic rings. The van der Waals surface area contributed by atoms with Crippen molar-refractivity contribution < 1.29 is 17.9 Å². The molecule has 4 nitrogen and oxygen atoms in total. The number of Topliss-reactive ketones (excluding diaryl/α,β-unsaturated/α-hetero) is 1. The molecular formula is C23H36O4S. The molecule has 0 unspecified atom stereocenters. The van der Waals surface area contributed by atoms with E-state index in [2.05, 4.69) is 0 Å². The molecule has 0 spiro atoms. The van der Waals surface area contributed by atoms with Crippen molar-refractivity contribution >= 4 is 15.6 Å². The molecule has 1 aliphatic carbocycles. The minimum atomic E-state index is -3.07. The Morgan fingerprint density at radius 1 is 1.11 bits per heavy atom. The van der Waals surface area contributed by atoms with E-state index in [0.717, 1.165) is 41.9 Å². The molecule has 5 heteroatoms. The fourth-order valence-corrected chi connectivity index (χ4v) is 4.36. The van der Waals surface area contributed by atoms with Gasteiger partial charge in [0.05, 0.1) is 17.1 Å². The third kappa shape index (κ3) is 6.61. The smallest absolute Gasteiger partial charge is 0.155 e. The third-order valence-electron chi connectivity index (χ3n) is 5.56. The number of ether oxygens (including phenoxy) is 1. The Hall–Kier alpha value is -1.36. The number of hydrogen-bond acceptors (Lipinski definition) is 4. The number of carbonyl (C=O) groups is 1. The molecule has 0 amide bonds. The van der Waals surface area contributed by atoms with Crippen molar-refractivity contribution in [3.63, 3.8) is 0 Å². The molecule has 0 aromatic heterocycles. The van der Waals surface area contributed by atoms with E-state index in [1.165, 1.54) is 12.8 Å². The van der Waals surface area contributed by atoms with E-state index in [-0.39, 0.29) is 11.5 Å². The molecule has 0 radical (unpaired) electrons. The topological polar surface area (TPSA) is 60.4 Å². The Labute approximate surface area is 171 Å². The standard InChI is InChI=1S/C23H36O4S/c1-17-10-13-20(18(2)22(17)27-16-19-11-12-19)15-21(24)9-7-6-8-14-28(25,26)23(3,4)5/h10,13,19H,6-9,11-12,14-16H2,1-5H3. The molecule has 1 fully saturated rings. The second kappa shape index (κ2) is 9.43. The van der Waals surface area contributed by atoms with Crippen LogP contribution in [0.4, 0.5) is 0 Å². The van der Waals surface area contributed by atoms with Crippen molar-refractivity contribution in [2.45, 2.75) is 84.3 Å². The fraction of sp³-hybridized carbons (Fsp3) is 0.696. The Balaban J connectivity index is 1.79. The van der Waals surface area contributed by atoms with Gasteiger partial charge in [-0.1, -0.05) is 18.6 Å². The van der Waals surface area contributed by atoms with Crippen LogP contribution in [0.5, 0.6) is 5.75 Å². The predicted octanol–water partition coefficient (Wildman–Crippen LogP) is 4.98. The van der Waals surface area contributed by atoms with Crippen LogP contribution in [-0.4, -0.2) is 31.3 Å². The summed E-state index contributed by atoms with van der Waals surface area (Å²) >= 11 is 0. The van der Waals surface area contributed by atoms with Crippen LogP contribution in [0.15, 0.2) is 12.1 Å². The molecule has 1 aromatic rings. The van der Waals surface area contributed by atoms with Gasteiger partial charge >= 0.3 is 0 Å². The average Bonchev–Trinajstić information content (AvgIpc) is 3.40. The van der Waals surface area contributed by atoms with Gasteiger partial charge in [0.2, 0.25) is 0 Å². The van der Waals surface area contributed by atoms with Crippen molar-refractivity contribution in [1.82, 2.24) is 0 Å². The van der Waals surface area contributed by atoms with E-state index in [4.69, 9.17) is 4.74 Å². The molecule has 1 aromatic carbocycles. The third-order valence-corrected chi connectivity index (χ3v) is 8.26. The van der Waals surface area contributed by atoms with Crippen molar-refractivity contribution in [3.05, 3.63) is 28.8 Å². The summed E-state index contributed by atoms with van der Waals surface area (Å²) in [6.07, 6.45) is 5.57. The highest BCUT2D eigenvalue weighted by atomic mass is 32.2. The molecule has 158 valence electrons. The van der Waals surface area contributed by atoms with E-state index in [1.807, 2.05) is 26.0 Å². The minimum absolute atomic E-state index is 0.198. The number of aryl methyl sites for hydroxylation is 1. The molecule has 0 atom stereocenters. The Bertz CT molecular complexity index is 784. The lowest BCUT2D eigenvalue weighted by molar-refractivity contribution is -0.118. The monoisotopic (exact) mass is 408 g/mol. The van der Waals surface area contributed by atoms with Crippen molar-refractivity contribution in [2.75, 3.05) is 12.4 Å². The van der Waals surface area contributed by atoms with Crippen LogP contribution in [0.1, 0.15) is 76.0 Å². The first-order valence-corrected chi connectivity index (χ1v) is 12.1. The van der Waals surface area contributed by atoms with Crippen LogP contribution in [0.2, 0.25) is 0 Å². The summed E-state index contributed by atoms with van der Waals surface area (Å²) in [7, 11) is -3.07. The maximum Gasteiger partial charge on any atom is 0.155 e. The van der Waals surface area contributed by atoms with Gasteiger partial charge in [-0.2, -0.15) is 0 Å². The summed E-state index contributed by atoms with van der Waals surface area (Å²) in [6, 6.07) is 4.07. The highest BCUT2D eigenvalue weighted by Gasteiger charge is 2.28. The van der Waals surface area contributed by atoms with Gasteiger partial charge in [0.15, 0.2) is 9.84 Å². The van der Waals surface area contributed by atoms with E-state index < -0.39 is 14.6 Å². The summed E-state index contributed by atoms with van der Waals surface area (Å²) in [6.45, 7) is 10.1. The molecular weight excluding hydrogens is 372 g/mol. The SMILES string of the molecule is Cc1ccc(CC(=O)CCCCCS(=O)(=O)C(C)(C)C)c(C)c1OCC1CC1. The Morgan fingerprint density at radius 2 is 1.79 bits per heavy atom. The number of benzene rings is 1. The van der Waals surface area contributed by atoms with Gasteiger partial charge in [-0.05, 0) is 82.9 Å². The van der Waals surface area contributed by atoms with Crippen molar-refractivity contribution in [1.29, 1.82) is 0 Å². The quantitative estimate of drug-likeness (QED) is 0.485. The molecule has 0 N–H and O–H groups in total. The zero-order valence-corrected chi connectivity index (χ0v) is 19.0. The fourth-order valence-electron chi connectivity index (χ4n) is 3.17. The van der Waals surface area contributed by atoms with Gasteiger partial charge in [-0.25, -0.2) is 8.42 Å². The first-order valence-electron chi connectivity index (χ1n) is 10.5. The molecule has 1 saturated carbocycles. The van der Waals surface area contributed by atoms with Gasteiger partial charge in [-0.15, -0.1) is 0 Å². The normalized spacial score (nSPS) is 14.9. The molecule has 2 rings (SSSR count). The van der Waals surface area contributed by atoms with Crippen LogP contribution < -0.4 is 4.74 Å². The zero-order valence-electron chi connectivity index (χ0n) is 18.1. The van der Waals surface area contributed by atoms with Crippen LogP contribution in [0.3, 0.4) is 0 Å². The van der Waals surface area contributed by atoms with Crippen molar-refractivity contribution in [2.24, 2.45) is 5.92 Å². The average molecular weight is 409 g/mol. The van der Waals surface area contributed by atoms with E-state index in [0.29, 0.717) is 25.2 Å². The Morgan fingerprint density at radius 3 is 2.39 bits per heavy atom. The molecule has 0 saturated heterocycles. The number of hydrogen-bond donors (Lipinski definition) is 0. The van der Waals surface area contributed by atoms with E-state index in [1.54, 1.807) is 20.8 Å². The summed E-state index contributed by atoms with van der Waals surface area (Å²) in [5.41, 5.74) is 3.23. The predicted molar refractivity (Wildman–Crippen MR) is 115 cm³/mol. The van der Waals surface area contributed by atoms with Gasteiger partial charge < -0.3 is 4.74 Å². The lowest BCUT2D eigenvalue weighted by Crippen LogP contribution is -2.30. The molecule has 28 heavy (non-hydrogen) atoms. The highest BCUT2D eigenvalue weighted by molar-refractivity contribution is 7.92. The van der Waals surface area contributed by atoms with Gasteiger partial charge in [-0.3, -0.25) is 4.79 Å². The number of ketones is 1. The van der Waals surface area contributed by atoms with Crippen LogP contribution in [0.25, 0.3) is 0 Å². The maximum absolute atomic E-state index is 12.4. The van der Waals surface area contributed by atoms with Gasteiger partial charge in [0.25, 0.3) is 0 Å². The van der Waals surface area contributed by atoms with Gasteiger partial charge in [0.1, 0.15) is 11.5 Å². The number of rotatable bonds is 11. The maximum atomic E-state index is 12.4. The largest absolute Gasteiger partial charge is 0.493 e. The molecule has 0 bridgehead atoms. The summed E-state index contributed by atoms with van der Waals surface area (Å²) < 4.78 is 29.5. The van der Waals surface area contributed by atoms with Crippen LogP contribution in [-0.2, 0) is 21.1 Å². The first kappa shape index (κ1) is 22.9. The van der Waals surface area contributed by atoms with Crippen molar-refractivity contribution in [3.8, 4) is 5.75 Å². The Kier molecular flexibility index (Phi) is 7.72. The summed E-state index contributed by atoms with van der Waals surface area (Å²) in [5.74, 6) is 2.04. The summed E-state index contributed by atoms with van der Waals surface area (Å²) in [4.78, 5) is 12.4.